The molecular weight excluding hydrogens is 352 g/mol. The summed E-state index contributed by atoms with van der Waals surface area (Å²) < 4.78 is 5.22. The van der Waals surface area contributed by atoms with Crippen LogP contribution in [0.25, 0.3) is 0 Å². The summed E-state index contributed by atoms with van der Waals surface area (Å²) in [6.45, 7) is 2.00. The topological polar surface area (TPSA) is 93.2 Å². The maximum absolute atomic E-state index is 12.6. The Hall–Kier alpha value is -2.87. The Morgan fingerprint density at radius 3 is 2.62 bits per heavy atom. The van der Waals surface area contributed by atoms with Crippen molar-refractivity contribution in [2.45, 2.75) is 18.1 Å². The third-order valence-electron chi connectivity index (χ3n) is 3.67. The summed E-state index contributed by atoms with van der Waals surface area (Å²) in [6.07, 6.45) is 3.29. The summed E-state index contributed by atoms with van der Waals surface area (Å²) in [5.74, 6) is -0.118. The molecule has 7 nitrogen and oxygen atoms in total. The fraction of sp³-hybridized carbons (Fsp3) is 0.222. The lowest BCUT2D eigenvalue weighted by atomic mass is 9.95. The monoisotopic (exact) mass is 370 g/mol. The number of ether oxygens (including phenoxy) is 1. The first-order valence-electron chi connectivity index (χ1n) is 8.11. The molecule has 0 saturated carbocycles. The summed E-state index contributed by atoms with van der Waals surface area (Å²) in [6, 6.07) is 10.1. The molecule has 26 heavy (non-hydrogen) atoms. The van der Waals surface area contributed by atoms with Crippen LogP contribution in [-0.2, 0) is 9.53 Å². The quantitative estimate of drug-likeness (QED) is 0.461. The molecule has 0 bridgehead atoms. The van der Waals surface area contributed by atoms with E-state index in [-0.39, 0.29) is 12.6 Å². The van der Waals surface area contributed by atoms with E-state index in [1.54, 1.807) is 25.4 Å². The Kier molecular flexibility index (Phi) is 5.85. The molecule has 0 aliphatic carbocycles. The van der Waals surface area contributed by atoms with Crippen LogP contribution in [0.1, 0.15) is 18.5 Å². The molecule has 2 aromatic rings. The smallest absolute Gasteiger partial charge is 0.338 e. The van der Waals surface area contributed by atoms with E-state index in [2.05, 4.69) is 20.6 Å². The number of rotatable bonds is 6. The molecule has 2 heterocycles. The third kappa shape index (κ3) is 4.20. The first-order valence-corrected chi connectivity index (χ1v) is 9.10. The second-order valence-corrected chi connectivity index (χ2v) is 6.32. The van der Waals surface area contributed by atoms with Gasteiger partial charge in [-0.05, 0) is 18.6 Å². The van der Waals surface area contributed by atoms with Crippen LogP contribution in [0.2, 0.25) is 0 Å². The van der Waals surface area contributed by atoms with Crippen molar-refractivity contribution in [3.8, 4) is 0 Å². The van der Waals surface area contributed by atoms with Crippen molar-refractivity contribution in [1.29, 1.82) is 0 Å². The number of thioether (sulfide) groups is 1. The van der Waals surface area contributed by atoms with Crippen LogP contribution in [-0.4, -0.2) is 34.3 Å². The normalized spacial score (nSPS) is 16.7. The van der Waals surface area contributed by atoms with Crippen molar-refractivity contribution in [2.24, 2.45) is 0 Å². The van der Waals surface area contributed by atoms with Crippen molar-refractivity contribution in [1.82, 2.24) is 20.6 Å². The predicted octanol–water partition coefficient (Wildman–Crippen LogP) is 2.44. The van der Waals surface area contributed by atoms with Gasteiger partial charge in [0.15, 0.2) is 5.16 Å². The molecule has 0 radical (unpaired) electrons. The molecule has 2 N–H and O–H groups in total. The van der Waals surface area contributed by atoms with Gasteiger partial charge in [-0.25, -0.2) is 19.6 Å². The average molecular weight is 370 g/mol. The summed E-state index contributed by atoms with van der Waals surface area (Å²) in [4.78, 5) is 33.0. The van der Waals surface area contributed by atoms with E-state index in [4.69, 9.17) is 4.74 Å². The van der Waals surface area contributed by atoms with Gasteiger partial charge < -0.3 is 15.4 Å². The van der Waals surface area contributed by atoms with Crippen LogP contribution < -0.4 is 10.6 Å². The lowest BCUT2D eigenvalue weighted by Crippen LogP contribution is -2.46. The molecule has 0 unspecified atom stereocenters. The van der Waals surface area contributed by atoms with Gasteiger partial charge in [-0.15, -0.1) is 0 Å². The Morgan fingerprint density at radius 2 is 1.92 bits per heavy atom. The molecule has 0 spiro atoms. The maximum Gasteiger partial charge on any atom is 0.338 e. The molecule has 134 valence electrons. The Balaban J connectivity index is 1.95. The highest BCUT2D eigenvalue weighted by Crippen LogP contribution is 2.29. The van der Waals surface area contributed by atoms with E-state index in [9.17, 15) is 9.59 Å². The first-order chi connectivity index (χ1) is 12.7. The van der Waals surface area contributed by atoms with Crippen molar-refractivity contribution in [3.63, 3.8) is 0 Å². The van der Waals surface area contributed by atoms with Gasteiger partial charge >= 0.3 is 12.0 Å². The number of carbonyl (C=O) groups excluding carboxylic acids is 2. The number of urea groups is 1. The molecule has 8 heteroatoms. The molecule has 1 aromatic heterocycles. The number of hydrogen-bond acceptors (Lipinski definition) is 6. The number of benzene rings is 1. The Labute approximate surface area is 155 Å². The van der Waals surface area contributed by atoms with Crippen LogP contribution in [0.15, 0.2) is 65.2 Å². The molecule has 0 saturated heterocycles. The van der Waals surface area contributed by atoms with Crippen LogP contribution in [0.3, 0.4) is 0 Å². The lowest BCUT2D eigenvalue weighted by molar-refractivity contribution is -0.139. The van der Waals surface area contributed by atoms with Gasteiger partial charge in [-0.2, -0.15) is 0 Å². The number of aromatic nitrogens is 2. The highest BCUT2D eigenvalue weighted by molar-refractivity contribution is 7.99. The lowest BCUT2D eigenvalue weighted by Gasteiger charge is -2.29. The molecule has 0 fully saturated rings. The zero-order chi connectivity index (χ0) is 18.4. The zero-order valence-electron chi connectivity index (χ0n) is 14.1. The summed E-state index contributed by atoms with van der Waals surface area (Å²) >= 11 is 1.34. The number of carbonyl (C=O) groups is 2. The minimum atomic E-state index is -0.573. The SMILES string of the molecule is CCOC(=O)C1=C(CSc2ncccn2)NC(=O)N[C@@H]1c1ccccc1. The molecular formula is C18H18N4O3S. The standard InChI is InChI=1S/C18H18N4O3S/c1-2-25-16(23)14-13(11-26-18-19-9-6-10-20-18)21-17(24)22-15(14)12-7-4-3-5-8-12/h3-10,15H,2,11H2,1H3,(H2,21,22,24)/t15-/m1/s1. The fourth-order valence-electron chi connectivity index (χ4n) is 2.57. The third-order valence-corrected chi connectivity index (χ3v) is 4.57. The minimum absolute atomic E-state index is 0.250. The van der Waals surface area contributed by atoms with Crippen LogP contribution >= 0.6 is 11.8 Å². The van der Waals surface area contributed by atoms with Gasteiger partial charge in [0.05, 0.1) is 18.2 Å². The van der Waals surface area contributed by atoms with E-state index < -0.39 is 12.0 Å². The van der Waals surface area contributed by atoms with Gasteiger partial charge in [0.1, 0.15) is 0 Å². The largest absolute Gasteiger partial charge is 0.463 e. The Morgan fingerprint density at radius 1 is 1.19 bits per heavy atom. The molecule has 1 aliphatic heterocycles. The minimum Gasteiger partial charge on any atom is -0.463 e. The highest BCUT2D eigenvalue weighted by atomic mass is 32.2. The van der Waals surface area contributed by atoms with E-state index in [0.29, 0.717) is 22.2 Å². The molecule has 1 aliphatic rings. The second-order valence-electron chi connectivity index (χ2n) is 5.37. The van der Waals surface area contributed by atoms with Crippen molar-refractivity contribution >= 4 is 23.8 Å². The number of amides is 2. The average Bonchev–Trinajstić information content (AvgIpc) is 2.67. The van der Waals surface area contributed by atoms with E-state index in [1.165, 1.54) is 11.8 Å². The van der Waals surface area contributed by atoms with E-state index in [0.717, 1.165) is 5.56 Å². The summed E-state index contributed by atoms with van der Waals surface area (Å²) in [5, 5.41) is 6.09. The summed E-state index contributed by atoms with van der Waals surface area (Å²) in [5.41, 5.74) is 1.70. The van der Waals surface area contributed by atoms with Gasteiger partial charge in [0.2, 0.25) is 0 Å². The molecule has 1 aromatic carbocycles. The maximum atomic E-state index is 12.6. The Bertz CT molecular complexity index is 812. The van der Waals surface area contributed by atoms with Crippen molar-refractivity contribution in [3.05, 3.63) is 65.6 Å². The first kappa shape index (κ1) is 17.9. The summed E-state index contributed by atoms with van der Waals surface area (Å²) in [7, 11) is 0. The highest BCUT2D eigenvalue weighted by Gasteiger charge is 2.33. The van der Waals surface area contributed by atoms with Crippen LogP contribution in [0.4, 0.5) is 4.79 Å². The van der Waals surface area contributed by atoms with Gasteiger partial charge in [-0.1, -0.05) is 42.1 Å². The van der Waals surface area contributed by atoms with Gasteiger partial charge in [0.25, 0.3) is 0 Å². The number of esters is 1. The predicted molar refractivity (Wildman–Crippen MR) is 97.3 cm³/mol. The number of hydrogen-bond donors (Lipinski definition) is 2. The molecule has 2 amide bonds. The van der Waals surface area contributed by atoms with Gasteiger partial charge in [0, 0.05) is 23.8 Å². The molecule has 1 atom stereocenters. The second kappa shape index (κ2) is 8.48. The van der Waals surface area contributed by atoms with Crippen molar-refractivity contribution < 1.29 is 14.3 Å². The molecule has 3 rings (SSSR count). The van der Waals surface area contributed by atoms with Gasteiger partial charge in [-0.3, -0.25) is 0 Å². The number of nitrogens with one attached hydrogen (secondary N) is 2. The van der Waals surface area contributed by atoms with E-state index in [1.807, 2.05) is 30.3 Å². The zero-order valence-corrected chi connectivity index (χ0v) is 15.0. The van der Waals surface area contributed by atoms with Crippen molar-refractivity contribution in [2.75, 3.05) is 12.4 Å². The fourth-order valence-corrected chi connectivity index (χ4v) is 3.35. The number of nitrogens with zero attached hydrogens (tertiary/aromatic N) is 2. The van der Waals surface area contributed by atoms with Crippen LogP contribution in [0, 0.1) is 0 Å². The van der Waals surface area contributed by atoms with Crippen LogP contribution in [0.5, 0.6) is 0 Å². The van der Waals surface area contributed by atoms with E-state index >= 15 is 0 Å².